The molecule has 2 heterocycles. The molecular formula is C13H14N2O4S. The maximum Gasteiger partial charge on any atom is 0.328 e. The van der Waals surface area contributed by atoms with Crippen molar-refractivity contribution in [1.29, 1.82) is 0 Å². The van der Waals surface area contributed by atoms with Crippen molar-refractivity contribution in [3.05, 3.63) is 28.0 Å². The predicted molar refractivity (Wildman–Crippen MR) is 74.0 cm³/mol. The van der Waals surface area contributed by atoms with Crippen molar-refractivity contribution in [3.8, 4) is 0 Å². The highest BCUT2D eigenvalue weighted by atomic mass is 32.1. The monoisotopic (exact) mass is 294 g/mol. The minimum absolute atomic E-state index is 0.379. The van der Waals surface area contributed by atoms with Crippen LogP contribution < -0.4 is 0 Å². The number of nitrogens with zero attached hydrogens (tertiary/aromatic N) is 2. The van der Waals surface area contributed by atoms with Crippen LogP contribution in [0.2, 0.25) is 0 Å². The number of aliphatic carboxylic acids is 1. The van der Waals surface area contributed by atoms with Crippen LogP contribution in [0.15, 0.2) is 17.5 Å². The van der Waals surface area contributed by atoms with E-state index in [9.17, 15) is 14.4 Å². The van der Waals surface area contributed by atoms with Crippen LogP contribution in [-0.4, -0.2) is 52.8 Å². The number of carboxylic acids is 1. The average molecular weight is 294 g/mol. The molecule has 0 aliphatic carbocycles. The van der Waals surface area contributed by atoms with E-state index < -0.39 is 17.8 Å². The summed E-state index contributed by atoms with van der Waals surface area (Å²) in [4.78, 5) is 37.6. The molecule has 0 atom stereocenters. The Morgan fingerprint density at radius 2 is 2.15 bits per heavy atom. The number of rotatable bonds is 4. The Hall–Kier alpha value is -2.15. The number of carbonyl (C=O) groups excluding carboxylic acids is 2. The van der Waals surface area contributed by atoms with Gasteiger partial charge in [-0.05, 0) is 23.1 Å². The number of thiophene rings is 1. The lowest BCUT2D eigenvalue weighted by molar-refractivity contribution is -0.155. The molecule has 0 aromatic carbocycles. The van der Waals surface area contributed by atoms with Crippen molar-refractivity contribution in [1.82, 2.24) is 9.80 Å². The molecule has 1 aliphatic rings. The minimum Gasteiger partial charge on any atom is -0.478 e. The molecule has 2 rings (SSSR count). The van der Waals surface area contributed by atoms with E-state index >= 15 is 0 Å². The summed E-state index contributed by atoms with van der Waals surface area (Å²) in [6.45, 7) is 1.42. The van der Waals surface area contributed by atoms with E-state index in [0.29, 0.717) is 19.6 Å². The Kier molecular flexibility index (Phi) is 4.19. The first kappa shape index (κ1) is 14.3. The van der Waals surface area contributed by atoms with Crippen molar-refractivity contribution >= 4 is 35.2 Å². The van der Waals surface area contributed by atoms with E-state index in [4.69, 9.17) is 5.11 Å². The van der Waals surface area contributed by atoms with E-state index in [1.165, 1.54) is 27.2 Å². The van der Waals surface area contributed by atoms with E-state index in [-0.39, 0.29) is 0 Å². The number of carboxylic acid groups (broad SMARTS) is 1. The quantitative estimate of drug-likeness (QED) is 0.653. The summed E-state index contributed by atoms with van der Waals surface area (Å²) in [5.74, 6) is -1.98. The van der Waals surface area contributed by atoms with Gasteiger partial charge in [-0.3, -0.25) is 9.59 Å². The normalized spacial score (nSPS) is 16.2. The molecule has 0 saturated carbocycles. The molecule has 1 aromatic heterocycles. The first-order chi connectivity index (χ1) is 9.47. The van der Waals surface area contributed by atoms with Gasteiger partial charge in [-0.2, -0.15) is 0 Å². The molecule has 106 valence electrons. The molecular weight excluding hydrogens is 280 g/mol. The van der Waals surface area contributed by atoms with Gasteiger partial charge in [-0.25, -0.2) is 4.79 Å². The number of hydrogen-bond donors (Lipinski definition) is 1. The Morgan fingerprint density at radius 3 is 2.85 bits per heavy atom. The maximum atomic E-state index is 11.8. The predicted octanol–water partition coefficient (Wildman–Crippen LogP) is 0.646. The molecule has 2 amide bonds. The average Bonchev–Trinajstić information content (AvgIpc) is 2.85. The highest BCUT2D eigenvalue weighted by Gasteiger charge is 2.30. The molecule has 1 fully saturated rings. The third kappa shape index (κ3) is 3.24. The van der Waals surface area contributed by atoms with Gasteiger partial charge in [0, 0.05) is 31.1 Å². The summed E-state index contributed by atoms with van der Waals surface area (Å²) in [5, 5.41) is 10.4. The van der Waals surface area contributed by atoms with Crippen LogP contribution in [0.3, 0.4) is 0 Å². The van der Waals surface area contributed by atoms with Crippen LogP contribution in [0, 0.1) is 0 Å². The van der Waals surface area contributed by atoms with Crippen LogP contribution in [0.5, 0.6) is 0 Å². The summed E-state index contributed by atoms with van der Waals surface area (Å²) in [7, 11) is 1.61. The fourth-order valence-electron chi connectivity index (χ4n) is 1.85. The smallest absolute Gasteiger partial charge is 0.328 e. The molecule has 0 spiro atoms. The van der Waals surface area contributed by atoms with Gasteiger partial charge in [-0.15, -0.1) is 11.3 Å². The molecule has 6 nitrogen and oxygen atoms in total. The SMILES string of the molecule is CN1CCN(Cc2cc(C=CC(=O)O)cs2)C(=O)C1=O. The standard InChI is InChI=1S/C13H14N2O4S/c1-14-4-5-15(13(19)12(14)18)7-10-6-9(8-20-10)2-3-11(16)17/h2-3,6,8H,4-5,7H2,1H3,(H,16,17). The molecule has 1 N–H and O–H groups in total. The fourth-order valence-corrected chi connectivity index (χ4v) is 2.72. The second-order valence-electron chi connectivity index (χ2n) is 4.47. The molecule has 1 saturated heterocycles. The number of piperazine rings is 1. The Balaban J connectivity index is 2.02. The number of hydrogen-bond acceptors (Lipinski definition) is 4. The van der Waals surface area contributed by atoms with E-state index in [1.54, 1.807) is 7.05 Å². The van der Waals surface area contributed by atoms with Crippen LogP contribution in [0.4, 0.5) is 0 Å². The maximum absolute atomic E-state index is 11.8. The van der Waals surface area contributed by atoms with Gasteiger partial charge in [0.2, 0.25) is 0 Å². The topological polar surface area (TPSA) is 77.9 Å². The molecule has 7 heteroatoms. The van der Waals surface area contributed by atoms with Crippen molar-refractivity contribution in [2.24, 2.45) is 0 Å². The van der Waals surface area contributed by atoms with E-state index in [2.05, 4.69) is 0 Å². The lowest BCUT2D eigenvalue weighted by Crippen LogP contribution is -2.52. The summed E-state index contributed by atoms with van der Waals surface area (Å²) in [6.07, 6.45) is 2.57. The fraction of sp³-hybridized carbons (Fsp3) is 0.308. The van der Waals surface area contributed by atoms with Crippen molar-refractivity contribution in [2.45, 2.75) is 6.54 Å². The number of amides is 2. The molecule has 20 heavy (non-hydrogen) atoms. The summed E-state index contributed by atoms with van der Waals surface area (Å²) < 4.78 is 0. The molecule has 1 aliphatic heterocycles. The lowest BCUT2D eigenvalue weighted by atomic mass is 10.2. The van der Waals surface area contributed by atoms with Gasteiger partial charge in [0.25, 0.3) is 0 Å². The van der Waals surface area contributed by atoms with E-state index in [1.807, 2.05) is 11.4 Å². The lowest BCUT2D eigenvalue weighted by Gasteiger charge is -2.31. The Bertz CT molecular complexity index is 579. The Morgan fingerprint density at radius 1 is 1.40 bits per heavy atom. The largest absolute Gasteiger partial charge is 0.478 e. The summed E-state index contributed by atoms with van der Waals surface area (Å²) in [5.41, 5.74) is 0.778. The van der Waals surface area contributed by atoms with Crippen LogP contribution in [0.1, 0.15) is 10.4 Å². The molecule has 0 unspecified atom stereocenters. The zero-order valence-corrected chi connectivity index (χ0v) is 11.7. The number of likely N-dealkylation sites (N-methyl/N-ethyl adjacent to an activating group) is 1. The third-order valence-electron chi connectivity index (χ3n) is 2.96. The molecule has 0 radical (unpaired) electrons. The summed E-state index contributed by atoms with van der Waals surface area (Å²) in [6, 6.07) is 1.82. The van der Waals surface area contributed by atoms with E-state index in [0.717, 1.165) is 16.5 Å². The first-order valence-corrected chi connectivity index (χ1v) is 6.88. The summed E-state index contributed by atoms with van der Waals surface area (Å²) >= 11 is 1.44. The van der Waals surface area contributed by atoms with Crippen LogP contribution in [-0.2, 0) is 20.9 Å². The highest BCUT2D eigenvalue weighted by molar-refractivity contribution is 7.10. The van der Waals surface area contributed by atoms with Crippen molar-refractivity contribution < 1.29 is 19.5 Å². The van der Waals surface area contributed by atoms with Gasteiger partial charge in [-0.1, -0.05) is 0 Å². The van der Waals surface area contributed by atoms with Gasteiger partial charge in [0.1, 0.15) is 0 Å². The third-order valence-corrected chi connectivity index (χ3v) is 3.90. The van der Waals surface area contributed by atoms with Crippen LogP contribution in [0.25, 0.3) is 6.08 Å². The second kappa shape index (κ2) is 5.87. The van der Waals surface area contributed by atoms with Crippen molar-refractivity contribution in [3.63, 3.8) is 0 Å². The second-order valence-corrected chi connectivity index (χ2v) is 5.47. The molecule has 0 bridgehead atoms. The minimum atomic E-state index is -1.00. The van der Waals surface area contributed by atoms with Crippen molar-refractivity contribution in [2.75, 3.05) is 20.1 Å². The zero-order chi connectivity index (χ0) is 14.7. The van der Waals surface area contributed by atoms with Gasteiger partial charge < -0.3 is 14.9 Å². The number of carbonyl (C=O) groups is 3. The van der Waals surface area contributed by atoms with Gasteiger partial charge in [0.15, 0.2) is 0 Å². The zero-order valence-electron chi connectivity index (χ0n) is 10.9. The molecule has 1 aromatic rings. The van der Waals surface area contributed by atoms with Crippen LogP contribution >= 0.6 is 11.3 Å². The van der Waals surface area contributed by atoms with Gasteiger partial charge >= 0.3 is 17.8 Å². The Labute approximate surface area is 119 Å². The highest BCUT2D eigenvalue weighted by Crippen LogP contribution is 2.19. The van der Waals surface area contributed by atoms with Gasteiger partial charge in [0.05, 0.1) is 6.54 Å². The first-order valence-electron chi connectivity index (χ1n) is 6.00.